The molecular formula is C13H19N3O2. The molecule has 0 spiro atoms. The summed E-state index contributed by atoms with van der Waals surface area (Å²) in [4.78, 5) is 25.5. The van der Waals surface area contributed by atoms with Gasteiger partial charge in [-0.1, -0.05) is 0 Å². The number of likely N-dealkylation sites (tertiary alicyclic amines) is 1. The van der Waals surface area contributed by atoms with Gasteiger partial charge in [0.2, 0.25) is 0 Å². The summed E-state index contributed by atoms with van der Waals surface area (Å²) in [6.45, 7) is 3.86. The second kappa shape index (κ2) is 5.35. The van der Waals surface area contributed by atoms with Gasteiger partial charge in [0.15, 0.2) is 0 Å². The van der Waals surface area contributed by atoms with Crippen molar-refractivity contribution in [1.29, 1.82) is 0 Å². The second-order valence-electron chi connectivity index (χ2n) is 4.67. The van der Waals surface area contributed by atoms with E-state index in [1.165, 1.54) is 6.07 Å². The summed E-state index contributed by atoms with van der Waals surface area (Å²) in [5.74, 6) is -0.0101. The number of rotatable bonds is 2. The van der Waals surface area contributed by atoms with Crippen LogP contribution in [-0.2, 0) is 6.54 Å². The third-order valence-corrected chi connectivity index (χ3v) is 3.40. The zero-order chi connectivity index (χ0) is 13.1. The molecule has 98 valence electrons. The quantitative estimate of drug-likeness (QED) is 0.826. The number of aryl methyl sites for hydroxylation is 1. The molecule has 0 bridgehead atoms. The maximum absolute atomic E-state index is 12.3. The summed E-state index contributed by atoms with van der Waals surface area (Å²) in [6, 6.07) is 3.26. The fourth-order valence-corrected chi connectivity index (χ4v) is 2.19. The number of piperidine rings is 1. The SMILES string of the molecule is CCn1cc(C(=O)N2CCC(N)CC2)ccc1=O. The number of amides is 1. The minimum Gasteiger partial charge on any atom is -0.338 e. The number of nitrogens with zero attached hydrogens (tertiary/aromatic N) is 2. The Balaban J connectivity index is 2.16. The van der Waals surface area contributed by atoms with Crippen molar-refractivity contribution in [3.63, 3.8) is 0 Å². The molecule has 0 atom stereocenters. The lowest BCUT2D eigenvalue weighted by molar-refractivity contribution is 0.0714. The van der Waals surface area contributed by atoms with Crippen LogP contribution in [-0.4, -0.2) is 34.5 Å². The number of carbonyl (C=O) groups excluding carboxylic acids is 1. The van der Waals surface area contributed by atoms with Gasteiger partial charge >= 0.3 is 0 Å². The Hall–Kier alpha value is -1.62. The Bertz CT molecular complexity index is 487. The number of nitrogens with two attached hydrogens (primary N) is 1. The van der Waals surface area contributed by atoms with E-state index in [0.29, 0.717) is 25.2 Å². The molecule has 1 fully saturated rings. The highest BCUT2D eigenvalue weighted by Gasteiger charge is 2.21. The van der Waals surface area contributed by atoms with Gasteiger partial charge in [0.05, 0.1) is 5.56 Å². The minimum absolute atomic E-state index is 0.0101. The van der Waals surface area contributed by atoms with Crippen molar-refractivity contribution in [2.75, 3.05) is 13.1 Å². The van der Waals surface area contributed by atoms with Crippen LogP contribution in [0.4, 0.5) is 0 Å². The monoisotopic (exact) mass is 249 g/mol. The zero-order valence-corrected chi connectivity index (χ0v) is 10.6. The molecule has 1 aromatic rings. The highest BCUT2D eigenvalue weighted by molar-refractivity contribution is 5.93. The average Bonchev–Trinajstić information content (AvgIpc) is 2.39. The molecule has 0 unspecified atom stereocenters. The van der Waals surface area contributed by atoms with Crippen molar-refractivity contribution in [3.05, 3.63) is 34.2 Å². The third kappa shape index (κ3) is 2.61. The molecule has 2 N–H and O–H groups in total. The first-order valence-corrected chi connectivity index (χ1v) is 6.37. The molecule has 1 saturated heterocycles. The number of hydrogen-bond acceptors (Lipinski definition) is 3. The topological polar surface area (TPSA) is 68.3 Å². The highest BCUT2D eigenvalue weighted by Crippen LogP contribution is 2.12. The largest absolute Gasteiger partial charge is 0.338 e. The van der Waals surface area contributed by atoms with Gasteiger partial charge in [-0.15, -0.1) is 0 Å². The summed E-state index contributed by atoms with van der Waals surface area (Å²) in [5, 5.41) is 0. The lowest BCUT2D eigenvalue weighted by Crippen LogP contribution is -2.43. The Kier molecular flexibility index (Phi) is 3.81. The van der Waals surface area contributed by atoms with Crippen LogP contribution < -0.4 is 11.3 Å². The molecule has 5 nitrogen and oxygen atoms in total. The maximum atomic E-state index is 12.3. The number of pyridine rings is 1. The van der Waals surface area contributed by atoms with E-state index in [2.05, 4.69) is 0 Å². The van der Waals surface area contributed by atoms with Crippen LogP contribution in [0.25, 0.3) is 0 Å². The molecule has 0 saturated carbocycles. The van der Waals surface area contributed by atoms with Gasteiger partial charge in [0, 0.05) is 37.9 Å². The molecule has 5 heteroatoms. The van der Waals surface area contributed by atoms with E-state index in [1.807, 2.05) is 11.8 Å². The maximum Gasteiger partial charge on any atom is 0.255 e. The molecule has 2 heterocycles. The smallest absolute Gasteiger partial charge is 0.255 e. The predicted octanol–water partition coefficient (Wildman–Crippen LogP) is 0.431. The van der Waals surface area contributed by atoms with Crippen LogP contribution in [0.5, 0.6) is 0 Å². The van der Waals surface area contributed by atoms with Gasteiger partial charge in [0.1, 0.15) is 0 Å². The van der Waals surface area contributed by atoms with Gasteiger partial charge in [-0.05, 0) is 25.8 Å². The standard InChI is InChI=1S/C13H19N3O2/c1-2-15-9-10(3-4-12(15)17)13(18)16-7-5-11(14)6-8-16/h3-4,9,11H,2,5-8,14H2,1H3. The van der Waals surface area contributed by atoms with Crippen molar-refractivity contribution in [2.24, 2.45) is 5.73 Å². The van der Waals surface area contributed by atoms with E-state index >= 15 is 0 Å². The summed E-state index contributed by atoms with van der Waals surface area (Å²) >= 11 is 0. The summed E-state index contributed by atoms with van der Waals surface area (Å²) in [7, 11) is 0. The number of carbonyl (C=O) groups is 1. The van der Waals surface area contributed by atoms with Gasteiger partial charge in [0.25, 0.3) is 11.5 Å². The van der Waals surface area contributed by atoms with Crippen LogP contribution >= 0.6 is 0 Å². The first-order chi connectivity index (χ1) is 8.61. The van der Waals surface area contributed by atoms with E-state index in [4.69, 9.17) is 5.73 Å². The van der Waals surface area contributed by atoms with Gasteiger partial charge < -0.3 is 15.2 Å². The van der Waals surface area contributed by atoms with Gasteiger partial charge in [-0.2, -0.15) is 0 Å². The lowest BCUT2D eigenvalue weighted by atomic mass is 10.1. The van der Waals surface area contributed by atoms with Crippen LogP contribution in [0.3, 0.4) is 0 Å². The molecule has 0 aliphatic carbocycles. The first-order valence-electron chi connectivity index (χ1n) is 6.37. The minimum atomic E-state index is -0.0743. The van der Waals surface area contributed by atoms with Crippen LogP contribution in [0.2, 0.25) is 0 Å². The fourth-order valence-electron chi connectivity index (χ4n) is 2.19. The van der Waals surface area contributed by atoms with E-state index < -0.39 is 0 Å². The first kappa shape index (κ1) is 12.8. The Morgan fingerprint density at radius 3 is 2.67 bits per heavy atom. The van der Waals surface area contributed by atoms with E-state index in [9.17, 15) is 9.59 Å². The average molecular weight is 249 g/mol. The van der Waals surface area contributed by atoms with Crippen molar-refractivity contribution in [2.45, 2.75) is 32.4 Å². The molecule has 0 aromatic carbocycles. The molecule has 1 aliphatic heterocycles. The molecule has 1 aromatic heterocycles. The molecule has 1 amide bonds. The summed E-state index contributed by atoms with van der Waals surface area (Å²) in [6.07, 6.45) is 3.33. The predicted molar refractivity (Wildman–Crippen MR) is 69.5 cm³/mol. The van der Waals surface area contributed by atoms with Crippen molar-refractivity contribution < 1.29 is 4.79 Å². The molecule has 1 aliphatic rings. The van der Waals surface area contributed by atoms with Gasteiger partial charge in [-0.3, -0.25) is 9.59 Å². The number of aromatic nitrogens is 1. The lowest BCUT2D eigenvalue weighted by Gasteiger charge is -2.30. The van der Waals surface area contributed by atoms with Crippen molar-refractivity contribution >= 4 is 5.91 Å². The van der Waals surface area contributed by atoms with Crippen LogP contribution in [0, 0.1) is 0 Å². The van der Waals surface area contributed by atoms with Crippen LogP contribution in [0.15, 0.2) is 23.1 Å². The molecule has 0 radical (unpaired) electrons. The fraction of sp³-hybridized carbons (Fsp3) is 0.538. The van der Waals surface area contributed by atoms with E-state index in [1.54, 1.807) is 16.8 Å². The van der Waals surface area contributed by atoms with E-state index in [0.717, 1.165) is 12.8 Å². The Labute approximate surface area is 106 Å². The zero-order valence-electron chi connectivity index (χ0n) is 10.6. The summed E-state index contributed by atoms with van der Waals surface area (Å²) < 4.78 is 1.54. The van der Waals surface area contributed by atoms with Gasteiger partial charge in [-0.25, -0.2) is 0 Å². The molecule has 2 rings (SSSR count). The molecular weight excluding hydrogens is 230 g/mol. The Morgan fingerprint density at radius 1 is 1.39 bits per heavy atom. The molecule has 18 heavy (non-hydrogen) atoms. The number of hydrogen-bond donors (Lipinski definition) is 1. The summed E-state index contributed by atoms with van der Waals surface area (Å²) in [5.41, 5.74) is 6.32. The van der Waals surface area contributed by atoms with Crippen LogP contribution in [0.1, 0.15) is 30.1 Å². The Morgan fingerprint density at radius 2 is 2.06 bits per heavy atom. The van der Waals surface area contributed by atoms with E-state index in [-0.39, 0.29) is 17.5 Å². The highest BCUT2D eigenvalue weighted by atomic mass is 16.2. The van der Waals surface area contributed by atoms with Crippen molar-refractivity contribution in [1.82, 2.24) is 9.47 Å². The third-order valence-electron chi connectivity index (χ3n) is 3.40. The van der Waals surface area contributed by atoms with Crippen molar-refractivity contribution in [3.8, 4) is 0 Å². The normalized spacial score (nSPS) is 16.9. The second-order valence-corrected chi connectivity index (χ2v) is 4.67.